The Hall–Kier alpha value is -1.06. The van der Waals surface area contributed by atoms with Crippen LogP contribution in [0, 0.1) is 12.8 Å². The first-order valence-electron chi connectivity index (χ1n) is 6.79. The average Bonchev–Trinajstić information content (AvgIpc) is 2.85. The molecule has 1 aromatic carbocycles. The van der Waals surface area contributed by atoms with E-state index in [1.165, 1.54) is 5.56 Å². The van der Waals surface area contributed by atoms with Gasteiger partial charge in [0.1, 0.15) is 12.4 Å². The Morgan fingerprint density at radius 2 is 2.33 bits per heavy atom. The number of likely N-dealkylation sites (tertiary alicyclic amines) is 1. The van der Waals surface area contributed by atoms with Crippen LogP contribution in [0.15, 0.2) is 24.3 Å². The third-order valence-corrected chi connectivity index (χ3v) is 3.71. The van der Waals surface area contributed by atoms with Crippen LogP contribution >= 0.6 is 0 Å². The molecule has 1 fully saturated rings. The van der Waals surface area contributed by atoms with E-state index in [4.69, 9.17) is 4.74 Å². The molecule has 1 aromatic rings. The predicted molar refractivity (Wildman–Crippen MR) is 72.9 cm³/mol. The number of aryl methyl sites for hydroxylation is 1. The van der Waals surface area contributed by atoms with Crippen molar-refractivity contribution in [3.8, 4) is 5.75 Å². The molecule has 100 valence electrons. The molecule has 2 atom stereocenters. The Labute approximate surface area is 109 Å². The smallest absolute Gasteiger partial charge is 0.119 e. The molecule has 2 rings (SSSR count). The number of aliphatic hydroxyl groups excluding tert-OH is 1. The molecule has 0 amide bonds. The zero-order valence-electron chi connectivity index (χ0n) is 11.3. The van der Waals surface area contributed by atoms with Crippen LogP contribution in [0.25, 0.3) is 0 Å². The molecule has 2 unspecified atom stereocenters. The Bertz CT molecular complexity index is 381. The number of hydrogen-bond acceptors (Lipinski definition) is 3. The van der Waals surface area contributed by atoms with E-state index in [2.05, 4.69) is 11.8 Å². The van der Waals surface area contributed by atoms with Crippen molar-refractivity contribution in [2.75, 3.05) is 26.2 Å². The molecular weight excluding hydrogens is 226 g/mol. The lowest BCUT2D eigenvalue weighted by Gasteiger charge is -2.19. The van der Waals surface area contributed by atoms with Gasteiger partial charge in [0.15, 0.2) is 0 Å². The fourth-order valence-corrected chi connectivity index (χ4v) is 2.49. The van der Waals surface area contributed by atoms with Crippen LogP contribution in [-0.4, -0.2) is 42.4 Å². The van der Waals surface area contributed by atoms with Crippen molar-refractivity contribution in [3.63, 3.8) is 0 Å². The van der Waals surface area contributed by atoms with Gasteiger partial charge in [0.25, 0.3) is 0 Å². The molecule has 0 spiro atoms. The molecule has 18 heavy (non-hydrogen) atoms. The third-order valence-electron chi connectivity index (χ3n) is 3.71. The highest BCUT2D eigenvalue weighted by atomic mass is 16.5. The van der Waals surface area contributed by atoms with Gasteiger partial charge in [-0.25, -0.2) is 0 Å². The zero-order valence-corrected chi connectivity index (χ0v) is 11.3. The van der Waals surface area contributed by atoms with Crippen LogP contribution in [-0.2, 0) is 0 Å². The second-order valence-electron chi connectivity index (χ2n) is 5.14. The van der Waals surface area contributed by atoms with E-state index >= 15 is 0 Å². The molecule has 3 nitrogen and oxygen atoms in total. The summed E-state index contributed by atoms with van der Waals surface area (Å²) in [6, 6.07) is 7.96. The van der Waals surface area contributed by atoms with Gasteiger partial charge >= 0.3 is 0 Å². The summed E-state index contributed by atoms with van der Waals surface area (Å²) < 4.78 is 5.66. The van der Waals surface area contributed by atoms with Crippen molar-refractivity contribution in [2.45, 2.75) is 26.4 Å². The highest BCUT2D eigenvalue weighted by Gasteiger charge is 2.27. The SMILES string of the molecule is CCN1CCC(C(O)COc2cccc(C)c2)C1. The largest absolute Gasteiger partial charge is 0.491 e. The molecule has 3 heteroatoms. The average molecular weight is 249 g/mol. The molecule has 1 heterocycles. The van der Waals surface area contributed by atoms with E-state index in [0.717, 1.165) is 31.8 Å². The third kappa shape index (κ3) is 3.47. The van der Waals surface area contributed by atoms with Crippen LogP contribution in [0.4, 0.5) is 0 Å². The summed E-state index contributed by atoms with van der Waals surface area (Å²) in [5, 5.41) is 10.1. The standard InChI is InChI=1S/C15H23NO2/c1-3-16-8-7-13(10-16)15(17)11-18-14-6-4-5-12(2)9-14/h4-6,9,13,15,17H,3,7-8,10-11H2,1-2H3. The summed E-state index contributed by atoms with van der Waals surface area (Å²) in [5.41, 5.74) is 1.18. The van der Waals surface area contributed by atoms with Crippen LogP contribution < -0.4 is 4.74 Å². The van der Waals surface area contributed by atoms with Crippen molar-refractivity contribution < 1.29 is 9.84 Å². The Morgan fingerprint density at radius 1 is 1.50 bits per heavy atom. The number of ether oxygens (including phenoxy) is 1. The number of hydrogen-bond donors (Lipinski definition) is 1. The zero-order chi connectivity index (χ0) is 13.0. The van der Waals surface area contributed by atoms with Gasteiger partial charge in [0, 0.05) is 12.5 Å². The molecule has 0 radical (unpaired) electrons. The fraction of sp³-hybridized carbons (Fsp3) is 0.600. The first kappa shape index (κ1) is 13.4. The lowest BCUT2D eigenvalue weighted by molar-refractivity contribution is 0.0599. The van der Waals surface area contributed by atoms with Crippen LogP contribution in [0.5, 0.6) is 5.75 Å². The maximum absolute atomic E-state index is 10.1. The van der Waals surface area contributed by atoms with E-state index in [0.29, 0.717) is 12.5 Å². The molecule has 0 aliphatic carbocycles. The summed E-state index contributed by atoms with van der Waals surface area (Å²) in [7, 11) is 0. The number of nitrogens with zero attached hydrogens (tertiary/aromatic N) is 1. The number of aliphatic hydroxyl groups is 1. The van der Waals surface area contributed by atoms with E-state index in [-0.39, 0.29) is 6.10 Å². The van der Waals surface area contributed by atoms with Crippen molar-refractivity contribution in [3.05, 3.63) is 29.8 Å². The summed E-state index contributed by atoms with van der Waals surface area (Å²) in [6.45, 7) is 7.77. The highest BCUT2D eigenvalue weighted by Crippen LogP contribution is 2.20. The van der Waals surface area contributed by atoms with Gasteiger partial charge in [0.05, 0.1) is 6.10 Å². The van der Waals surface area contributed by atoms with Gasteiger partial charge in [-0.3, -0.25) is 0 Å². The first-order valence-corrected chi connectivity index (χ1v) is 6.79. The molecule has 1 saturated heterocycles. The maximum atomic E-state index is 10.1. The van der Waals surface area contributed by atoms with Crippen molar-refractivity contribution in [1.82, 2.24) is 4.90 Å². The normalized spacial score (nSPS) is 22.1. The minimum Gasteiger partial charge on any atom is -0.491 e. The van der Waals surface area contributed by atoms with Gasteiger partial charge in [-0.2, -0.15) is 0 Å². The number of rotatable bonds is 5. The highest BCUT2D eigenvalue weighted by molar-refractivity contribution is 5.27. The van der Waals surface area contributed by atoms with Crippen LogP contribution in [0.2, 0.25) is 0 Å². The van der Waals surface area contributed by atoms with Gasteiger partial charge < -0.3 is 14.7 Å². The molecular formula is C15H23NO2. The van der Waals surface area contributed by atoms with Crippen molar-refractivity contribution in [2.24, 2.45) is 5.92 Å². The van der Waals surface area contributed by atoms with Gasteiger partial charge in [-0.05, 0) is 44.1 Å². The molecule has 0 saturated carbocycles. The van der Waals surface area contributed by atoms with E-state index in [1.807, 2.05) is 31.2 Å². The molecule has 1 aliphatic heterocycles. The summed E-state index contributed by atoms with van der Waals surface area (Å²) >= 11 is 0. The lowest BCUT2D eigenvalue weighted by Crippen LogP contribution is -2.30. The topological polar surface area (TPSA) is 32.7 Å². The molecule has 1 aliphatic rings. The van der Waals surface area contributed by atoms with Crippen molar-refractivity contribution >= 4 is 0 Å². The monoisotopic (exact) mass is 249 g/mol. The van der Waals surface area contributed by atoms with Crippen LogP contribution in [0.1, 0.15) is 18.9 Å². The first-order chi connectivity index (χ1) is 8.69. The second kappa shape index (κ2) is 6.21. The van der Waals surface area contributed by atoms with E-state index < -0.39 is 0 Å². The Kier molecular flexibility index (Phi) is 4.61. The Balaban J connectivity index is 1.80. The minimum atomic E-state index is -0.359. The van der Waals surface area contributed by atoms with Gasteiger partial charge in [0.2, 0.25) is 0 Å². The molecule has 0 bridgehead atoms. The summed E-state index contributed by atoms with van der Waals surface area (Å²) in [5.74, 6) is 1.20. The maximum Gasteiger partial charge on any atom is 0.119 e. The predicted octanol–water partition coefficient (Wildman–Crippen LogP) is 2.08. The van der Waals surface area contributed by atoms with Crippen LogP contribution in [0.3, 0.4) is 0 Å². The lowest BCUT2D eigenvalue weighted by atomic mass is 10.0. The van der Waals surface area contributed by atoms with Gasteiger partial charge in [-0.15, -0.1) is 0 Å². The Morgan fingerprint density at radius 3 is 3.00 bits per heavy atom. The fourth-order valence-electron chi connectivity index (χ4n) is 2.49. The van der Waals surface area contributed by atoms with Crippen molar-refractivity contribution in [1.29, 1.82) is 0 Å². The van der Waals surface area contributed by atoms with E-state index in [1.54, 1.807) is 0 Å². The molecule has 0 aromatic heterocycles. The molecule has 1 N–H and O–H groups in total. The number of benzene rings is 1. The van der Waals surface area contributed by atoms with Gasteiger partial charge in [-0.1, -0.05) is 19.1 Å². The minimum absolute atomic E-state index is 0.356. The van der Waals surface area contributed by atoms with E-state index in [9.17, 15) is 5.11 Å². The summed E-state index contributed by atoms with van der Waals surface area (Å²) in [4.78, 5) is 2.38. The summed E-state index contributed by atoms with van der Waals surface area (Å²) in [6.07, 6.45) is 0.716. The quantitative estimate of drug-likeness (QED) is 0.867. The second-order valence-corrected chi connectivity index (χ2v) is 5.14.